The van der Waals surface area contributed by atoms with E-state index in [0.29, 0.717) is 11.6 Å². The summed E-state index contributed by atoms with van der Waals surface area (Å²) in [4.78, 5) is 0. The molecule has 4 aromatic rings. The van der Waals surface area contributed by atoms with Crippen molar-refractivity contribution in [1.82, 2.24) is 14.8 Å². The second kappa shape index (κ2) is 6.99. The van der Waals surface area contributed by atoms with Gasteiger partial charge in [0.25, 0.3) is 0 Å². The van der Waals surface area contributed by atoms with Gasteiger partial charge < -0.3 is 4.42 Å². The summed E-state index contributed by atoms with van der Waals surface area (Å²) in [7, 11) is 0. The molecule has 1 atom stereocenters. The highest BCUT2D eigenvalue weighted by Crippen LogP contribution is 2.36. The molecule has 0 aliphatic heterocycles. The lowest BCUT2D eigenvalue weighted by Crippen LogP contribution is -2.00. The number of aromatic nitrogens is 3. The number of rotatable bonds is 5. The molecule has 0 saturated heterocycles. The molecule has 0 fully saturated rings. The molecule has 0 saturated carbocycles. The van der Waals surface area contributed by atoms with Crippen molar-refractivity contribution in [2.45, 2.75) is 17.3 Å². The van der Waals surface area contributed by atoms with E-state index in [1.54, 1.807) is 18.0 Å². The van der Waals surface area contributed by atoms with Crippen LogP contribution in [0.3, 0.4) is 0 Å². The highest BCUT2D eigenvalue weighted by atomic mass is 32.2. The lowest BCUT2D eigenvalue weighted by atomic mass is 10.2. The molecule has 0 aliphatic carbocycles. The fourth-order valence-corrected chi connectivity index (χ4v) is 3.67. The van der Waals surface area contributed by atoms with Crippen molar-refractivity contribution < 1.29 is 4.42 Å². The van der Waals surface area contributed by atoms with E-state index in [2.05, 4.69) is 41.4 Å². The zero-order valence-corrected chi connectivity index (χ0v) is 14.6. The first-order chi connectivity index (χ1) is 12.3. The Morgan fingerprint density at radius 2 is 1.60 bits per heavy atom. The predicted octanol–water partition coefficient (Wildman–Crippen LogP) is 5.38. The van der Waals surface area contributed by atoms with Gasteiger partial charge in [0.1, 0.15) is 0 Å². The lowest BCUT2D eigenvalue weighted by molar-refractivity contribution is 0.575. The van der Waals surface area contributed by atoms with E-state index >= 15 is 0 Å². The average molecular weight is 347 g/mol. The van der Waals surface area contributed by atoms with E-state index in [4.69, 9.17) is 4.42 Å². The number of benzene rings is 2. The molecular formula is C20H17N3OS. The Labute approximate surface area is 150 Å². The van der Waals surface area contributed by atoms with Crippen molar-refractivity contribution in [3.8, 4) is 17.3 Å². The third-order valence-electron chi connectivity index (χ3n) is 3.94. The van der Waals surface area contributed by atoms with Gasteiger partial charge in [0.2, 0.25) is 5.82 Å². The minimum absolute atomic E-state index is 0.261. The van der Waals surface area contributed by atoms with Gasteiger partial charge in [-0.3, -0.25) is 4.57 Å². The number of thioether (sulfide) groups is 1. The molecule has 0 amide bonds. The second-order valence-electron chi connectivity index (χ2n) is 5.63. The van der Waals surface area contributed by atoms with E-state index < -0.39 is 0 Å². The van der Waals surface area contributed by atoms with Crippen LogP contribution in [-0.4, -0.2) is 14.8 Å². The van der Waals surface area contributed by atoms with E-state index in [0.717, 1.165) is 10.8 Å². The number of hydrogen-bond acceptors (Lipinski definition) is 4. The average Bonchev–Trinajstić information content (AvgIpc) is 3.32. The van der Waals surface area contributed by atoms with Gasteiger partial charge >= 0.3 is 0 Å². The van der Waals surface area contributed by atoms with Crippen molar-refractivity contribution in [1.29, 1.82) is 0 Å². The van der Waals surface area contributed by atoms with Crippen LogP contribution < -0.4 is 0 Å². The number of nitrogens with zero attached hydrogens (tertiary/aromatic N) is 3. The molecule has 4 rings (SSSR count). The van der Waals surface area contributed by atoms with Gasteiger partial charge in [-0.25, -0.2) is 0 Å². The molecule has 5 heteroatoms. The Kier molecular flexibility index (Phi) is 4.39. The quantitative estimate of drug-likeness (QED) is 0.455. The number of hydrogen-bond donors (Lipinski definition) is 0. The van der Waals surface area contributed by atoms with Gasteiger partial charge in [-0.1, -0.05) is 60.3 Å². The summed E-state index contributed by atoms with van der Waals surface area (Å²) in [5.74, 6) is 1.41. The third-order valence-corrected chi connectivity index (χ3v) is 5.04. The van der Waals surface area contributed by atoms with Crippen molar-refractivity contribution in [2.24, 2.45) is 0 Å². The molecule has 0 aliphatic rings. The summed E-state index contributed by atoms with van der Waals surface area (Å²) in [6.07, 6.45) is 1.65. The van der Waals surface area contributed by atoms with Crippen molar-refractivity contribution >= 4 is 11.8 Å². The summed E-state index contributed by atoms with van der Waals surface area (Å²) >= 11 is 1.68. The summed E-state index contributed by atoms with van der Waals surface area (Å²) < 4.78 is 7.60. The Morgan fingerprint density at radius 1 is 0.880 bits per heavy atom. The summed E-state index contributed by atoms with van der Waals surface area (Å²) in [6.45, 7) is 2.18. The van der Waals surface area contributed by atoms with E-state index in [1.807, 2.05) is 53.1 Å². The fourth-order valence-electron chi connectivity index (χ4n) is 2.67. The summed E-state index contributed by atoms with van der Waals surface area (Å²) in [5.41, 5.74) is 2.27. The second-order valence-corrected chi connectivity index (χ2v) is 6.93. The predicted molar refractivity (Wildman–Crippen MR) is 99.8 cm³/mol. The zero-order valence-electron chi connectivity index (χ0n) is 13.7. The Bertz CT molecular complexity index is 934. The Morgan fingerprint density at radius 3 is 2.28 bits per heavy atom. The minimum Gasteiger partial charge on any atom is -0.461 e. The Hall–Kier alpha value is -2.79. The van der Waals surface area contributed by atoms with Crippen molar-refractivity contribution in [2.75, 3.05) is 0 Å². The van der Waals surface area contributed by atoms with E-state index in [9.17, 15) is 0 Å². The summed E-state index contributed by atoms with van der Waals surface area (Å²) in [6, 6.07) is 24.3. The van der Waals surface area contributed by atoms with Crippen LogP contribution in [0.2, 0.25) is 0 Å². The van der Waals surface area contributed by atoms with Gasteiger partial charge in [0.05, 0.1) is 6.26 Å². The highest BCUT2D eigenvalue weighted by molar-refractivity contribution is 7.99. The summed E-state index contributed by atoms with van der Waals surface area (Å²) in [5, 5.41) is 9.91. The van der Waals surface area contributed by atoms with Crippen LogP contribution in [-0.2, 0) is 0 Å². The molecular weight excluding hydrogens is 330 g/mol. The largest absolute Gasteiger partial charge is 0.461 e. The number of para-hydroxylation sites is 1. The molecule has 0 spiro atoms. The minimum atomic E-state index is 0.261. The van der Waals surface area contributed by atoms with Crippen molar-refractivity contribution in [3.05, 3.63) is 84.6 Å². The monoisotopic (exact) mass is 347 g/mol. The lowest BCUT2D eigenvalue weighted by Gasteiger charge is -2.13. The fraction of sp³-hybridized carbons (Fsp3) is 0.100. The maximum Gasteiger partial charge on any atom is 0.205 e. The van der Waals surface area contributed by atoms with Gasteiger partial charge in [-0.15, -0.1) is 10.2 Å². The molecule has 0 bridgehead atoms. The van der Waals surface area contributed by atoms with Crippen LogP contribution in [0.1, 0.15) is 17.7 Å². The van der Waals surface area contributed by atoms with Gasteiger partial charge in [0, 0.05) is 10.9 Å². The van der Waals surface area contributed by atoms with Crippen LogP contribution in [0.15, 0.2) is 88.6 Å². The van der Waals surface area contributed by atoms with Crippen LogP contribution in [0.4, 0.5) is 0 Å². The molecule has 4 nitrogen and oxygen atoms in total. The highest BCUT2D eigenvalue weighted by Gasteiger charge is 2.20. The number of furan rings is 1. The van der Waals surface area contributed by atoms with Crippen LogP contribution in [0.25, 0.3) is 17.3 Å². The first-order valence-electron chi connectivity index (χ1n) is 8.09. The molecule has 1 unspecified atom stereocenters. The zero-order chi connectivity index (χ0) is 17.1. The van der Waals surface area contributed by atoms with Gasteiger partial charge in [-0.05, 0) is 36.8 Å². The molecule has 0 radical (unpaired) electrons. The van der Waals surface area contributed by atoms with Crippen LogP contribution in [0, 0.1) is 0 Å². The standard InChI is InChI=1S/C20H17N3OS/c1-15(16-9-4-2-5-10-16)25-20-22-21-19(18-13-8-14-24-18)23(20)17-11-6-3-7-12-17/h2-15H,1H3. The molecule has 2 aromatic heterocycles. The molecule has 2 heterocycles. The SMILES string of the molecule is CC(Sc1nnc(-c2ccco2)n1-c1ccccc1)c1ccccc1. The van der Waals surface area contributed by atoms with Crippen molar-refractivity contribution in [3.63, 3.8) is 0 Å². The maximum atomic E-state index is 5.55. The van der Waals surface area contributed by atoms with E-state index in [1.165, 1.54) is 5.56 Å². The first-order valence-corrected chi connectivity index (χ1v) is 8.97. The van der Waals surface area contributed by atoms with Gasteiger partial charge in [-0.2, -0.15) is 0 Å². The topological polar surface area (TPSA) is 43.9 Å². The Balaban J connectivity index is 1.75. The smallest absolute Gasteiger partial charge is 0.205 e. The van der Waals surface area contributed by atoms with E-state index in [-0.39, 0.29) is 5.25 Å². The maximum absolute atomic E-state index is 5.55. The molecule has 25 heavy (non-hydrogen) atoms. The normalized spacial score (nSPS) is 12.2. The van der Waals surface area contributed by atoms with Crippen LogP contribution >= 0.6 is 11.8 Å². The molecule has 2 aromatic carbocycles. The third kappa shape index (κ3) is 3.23. The first kappa shape index (κ1) is 15.7. The molecule has 0 N–H and O–H groups in total. The van der Waals surface area contributed by atoms with Crippen LogP contribution in [0.5, 0.6) is 0 Å². The molecule has 124 valence electrons. The van der Waals surface area contributed by atoms with Gasteiger partial charge in [0.15, 0.2) is 10.9 Å².